The van der Waals surface area contributed by atoms with Crippen molar-refractivity contribution in [1.29, 1.82) is 0 Å². The number of hydrogen-bond donors (Lipinski definition) is 1. The number of methoxy groups -OCH3 is 1. The van der Waals surface area contributed by atoms with Gasteiger partial charge >= 0.3 is 0 Å². The number of nitrogens with one attached hydrogen (secondary N) is 1. The van der Waals surface area contributed by atoms with Gasteiger partial charge in [-0.2, -0.15) is 0 Å². The Morgan fingerprint density at radius 1 is 1.22 bits per heavy atom. The van der Waals surface area contributed by atoms with Crippen molar-refractivity contribution in [1.82, 2.24) is 24.7 Å². The Balaban J connectivity index is 1.45. The minimum atomic E-state index is -0.259. The molecule has 1 aromatic heterocycles. The molecule has 2 amide bonds. The normalized spacial score (nSPS) is 22.3. The number of aromatic nitrogens is 2. The van der Waals surface area contributed by atoms with E-state index >= 15 is 0 Å². The molecule has 176 valence electrons. The van der Waals surface area contributed by atoms with Crippen LogP contribution in [0, 0.1) is 5.92 Å². The lowest BCUT2D eigenvalue weighted by molar-refractivity contribution is -0.136. The molecule has 3 aliphatic heterocycles. The molecule has 4 rings (SSSR count). The van der Waals surface area contributed by atoms with Crippen LogP contribution in [0.2, 0.25) is 0 Å². The first-order valence-electron chi connectivity index (χ1n) is 11.8. The Morgan fingerprint density at radius 3 is 2.72 bits per heavy atom. The summed E-state index contributed by atoms with van der Waals surface area (Å²) in [5.41, 5.74) is 2.08. The number of amides is 2. The SMILES string of the molecule is CNc1nc(C2CCN(C)CC2)nc2c1CCN(C(=O)[C@@H]1CC(=O)N(CCCOC)C1)C2. The van der Waals surface area contributed by atoms with E-state index in [1.54, 1.807) is 12.0 Å². The molecule has 0 spiro atoms. The molecule has 0 aliphatic carbocycles. The zero-order chi connectivity index (χ0) is 22.7. The number of hydrogen-bond acceptors (Lipinski definition) is 7. The van der Waals surface area contributed by atoms with Gasteiger partial charge < -0.3 is 24.8 Å². The van der Waals surface area contributed by atoms with E-state index in [-0.39, 0.29) is 17.7 Å². The number of carbonyl (C=O) groups excluding carboxylic acids is 2. The molecule has 1 N–H and O–H groups in total. The molecule has 0 radical (unpaired) electrons. The van der Waals surface area contributed by atoms with Gasteiger partial charge in [0.05, 0.1) is 18.2 Å². The van der Waals surface area contributed by atoms with Crippen LogP contribution in [-0.2, 0) is 27.3 Å². The molecule has 2 saturated heterocycles. The fraction of sp³-hybridized carbons (Fsp3) is 0.739. The van der Waals surface area contributed by atoms with Gasteiger partial charge in [0.2, 0.25) is 11.8 Å². The molecular weight excluding hydrogens is 408 g/mol. The Morgan fingerprint density at radius 2 is 2.00 bits per heavy atom. The second-order valence-corrected chi connectivity index (χ2v) is 9.28. The largest absolute Gasteiger partial charge is 0.385 e. The Labute approximate surface area is 190 Å². The molecule has 3 aliphatic rings. The lowest BCUT2D eigenvalue weighted by Gasteiger charge is -2.32. The molecule has 1 aromatic rings. The van der Waals surface area contributed by atoms with Crippen molar-refractivity contribution in [3.8, 4) is 0 Å². The average Bonchev–Trinajstić information content (AvgIpc) is 3.18. The maximum atomic E-state index is 13.3. The molecule has 0 bridgehead atoms. The Hall–Kier alpha value is -2.26. The first-order chi connectivity index (χ1) is 15.5. The summed E-state index contributed by atoms with van der Waals surface area (Å²) in [6.07, 6.45) is 3.96. The van der Waals surface area contributed by atoms with Crippen LogP contribution in [0.15, 0.2) is 0 Å². The van der Waals surface area contributed by atoms with Gasteiger partial charge in [0.15, 0.2) is 0 Å². The quantitative estimate of drug-likeness (QED) is 0.630. The minimum absolute atomic E-state index is 0.0706. The van der Waals surface area contributed by atoms with Gasteiger partial charge in [0, 0.05) is 58.3 Å². The fourth-order valence-corrected chi connectivity index (χ4v) is 5.11. The monoisotopic (exact) mass is 444 g/mol. The number of piperidine rings is 1. The molecule has 0 aromatic carbocycles. The molecule has 2 fully saturated rings. The summed E-state index contributed by atoms with van der Waals surface area (Å²) in [4.78, 5) is 41.5. The van der Waals surface area contributed by atoms with Crippen LogP contribution >= 0.6 is 0 Å². The van der Waals surface area contributed by atoms with Gasteiger partial charge in [-0.3, -0.25) is 9.59 Å². The van der Waals surface area contributed by atoms with Crippen molar-refractivity contribution < 1.29 is 14.3 Å². The molecule has 32 heavy (non-hydrogen) atoms. The number of nitrogens with zero attached hydrogens (tertiary/aromatic N) is 5. The number of ether oxygens (including phenoxy) is 1. The average molecular weight is 445 g/mol. The molecule has 0 saturated carbocycles. The lowest BCUT2D eigenvalue weighted by Crippen LogP contribution is -2.41. The molecule has 9 heteroatoms. The fourth-order valence-electron chi connectivity index (χ4n) is 5.11. The highest BCUT2D eigenvalue weighted by Gasteiger charge is 2.37. The van der Waals surface area contributed by atoms with Crippen LogP contribution in [0.5, 0.6) is 0 Å². The first-order valence-corrected chi connectivity index (χ1v) is 11.8. The summed E-state index contributed by atoms with van der Waals surface area (Å²) < 4.78 is 5.08. The van der Waals surface area contributed by atoms with Gasteiger partial charge in [0.1, 0.15) is 11.6 Å². The summed E-state index contributed by atoms with van der Waals surface area (Å²) >= 11 is 0. The number of carbonyl (C=O) groups is 2. The van der Waals surface area contributed by atoms with Gasteiger partial charge in [-0.15, -0.1) is 0 Å². The lowest BCUT2D eigenvalue weighted by atomic mass is 9.95. The van der Waals surface area contributed by atoms with E-state index in [1.165, 1.54) is 0 Å². The standard InChI is InChI=1S/C23H36N6O3/c1-24-22-18-7-11-29(23(31)17-13-20(30)28(14-17)8-4-12-32-3)15-19(18)25-21(26-22)16-5-9-27(2)10-6-16/h16-17H,4-15H2,1-3H3,(H,24,25,26)/t17-/m1/s1. The van der Waals surface area contributed by atoms with Crippen LogP contribution < -0.4 is 5.32 Å². The van der Waals surface area contributed by atoms with Crippen molar-refractivity contribution in [3.63, 3.8) is 0 Å². The van der Waals surface area contributed by atoms with Crippen LogP contribution in [0.1, 0.15) is 48.7 Å². The zero-order valence-corrected chi connectivity index (χ0v) is 19.6. The van der Waals surface area contributed by atoms with Crippen LogP contribution in [-0.4, -0.2) is 97.0 Å². The van der Waals surface area contributed by atoms with E-state index in [1.807, 2.05) is 11.9 Å². The van der Waals surface area contributed by atoms with Crippen LogP contribution in [0.3, 0.4) is 0 Å². The zero-order valence-electron chi connectivity index (χ0n) is 19.6. The maximum Gasteiger partial charge on any atom is 0.228 e. The number of fused-ring (bicyclic) bond motifs is 1. The first kappa shape index (κ1) is 22.9. The third-order valence-corrected chi connectivity index (χ3v) is 7.05. The van der Waals surface area contributed by atoms with Gasteiger partial charge in [-0.1, -0.05) is 0 Å². The smallest absolute Gasteiger partial charge is 0.228 e. The molecule has 1 atom stereocenters. The van der Waals surface area contributed by atoms with Crippen molar-refractivity contribution in [2.24, 2.45) is 5.92 Å². The summed E-state index contributed by atoms with van der Waals surface area (Å²) in [5, 5.41) is 3.25. The van der Waals surface area contributed by atoms with E-state index in [0.29, 0.717) is 45.1 Å². The van der Waals surface area contributed by atoms with Crippen LogP contribution in [0.25, 0.3) is 0 Å². The molecule has 4 heterocycles. The topological polar surface area (TPSA) is 90.9 Å². The maximum absolute atomic E-state index is 13.3. The molecule has 0 unspecified atom stereocenters. The number of likely N-dealkylation sites (tertiary alicyclic amines) is 2. The van der Waals surface area contributed by atoms with Gasteiger partial charge in [0.25, 0.3) is 0 Å². The highest BCUT2D eigenvalue weighted by molar-refractivity contribution is 5.89. The predicted molar refractivity (Wildman–Crippen MR) is 121 cm³/mol. The Bertz CT molecular complexity index is 839. The third-order valence-electron chi connectivity index (χ3n) is 7.05. The van der Waals surface area contributed by atoms with Gasteiger partial charge in [-0.05, 0) is 45.8 Å². The minimum Gasteiger partial charge on any atom is -0.385 e. The molecular formula is C23H36N6O3. The highest BCUT2D eigenvalue weighted by Crippen LogP contribution is 2.31. The van der Waals surface area contributed by atoms with Crippen LogP contribution in [0.4, 0.5) is 5.82 Å². The number of anilines is 1. The summed E-state index contributed by atoms with van der Waals surface area (Å²) in [6.45, 7) is 5.04. The van der Waals surface area contributed by atoms with Crippen molar-refractivity contribution in [3.05, 3.63) is 17.1 Å². The summed E-state index contributed by atoms with van der Waals surface area (Å²) in [6, 6.07) is 0. The predicted octanol–water partition coefficient (Wildman–Crippen LogP) is 1.10. The second kappa shape index (κ2) is 10.1. The van der Waals surface area contributed by atoms with Crippen molar-refractivity contribution in [2.45, 2.75) is 44.6 Å². The second-order valence-electron chi connectivity index (χ2n) is 9.28. The van der Waals surface area contributed by atoms with Gasteiger partial charge in [-0.25, -0.2) is 9.97 Å². The van der Waals surface area contributed by atoms with E-state index in [9.17, 15) is 9.59 Å². The van der Waals surface area contributed by atoms with E-state index in [4.69, 9.17) is 14.7 Å². The van der Waals surface area contributed by atoms with Crippen molar-refractivity contribution in [2.75, 3.05) is 65.9 Å². The van der Waals surface area contributed by atoms with Crippen molar-refractivity contribution >= 4 is 17.6 Å². The van der Waals surface area contributed by atoms with E-state index in [2.05, 4.69) is 17.3 Å². The summed E-state index contributed by atoms with van der Waals surface area (Å²) in [7, 11) is 5.72. The highest BCUT2D eigenvalue weighted by atomic mass is 16.5. The Kier molecular flexibility index (Phi) is 7.25. The number of rotatable bonds is 7. The summed E-state index contributed by atoms with van der Waals surface area (Å²) in [5.74, 6) is 2.05. The van der Waals surface area contributed by atoms with E-state index < -0.39 is 0 Å². The van der Waals surface area contributed by atoms with E-state index in [0.717, 1.165) is 61.7 Å². The molecule has 9 nitrogen and oxygen atoms in total. The third kappa shape index (κ3) is 4.88.